The molecular formula is C14H12ClN3OS. The molecule has 4 nitrogen and oxygen atoms in total. The van der Waals surface area contributed by atoms with Gasteiger partial charge in [-0.05, 0) is 26.0 Å². The van der Waals surface area contributed by atoms with Crippen molar-refractivity contribution in [1.82, 2.24) is 15.0 Å². The van der Waals surface area contributed by atoms with Gasteiger partial charge in [-0.1, -0.05) is 11.6 Å². The summed E-state index contributed by atoms with van der Waals surface area (Å²) in [6.07, 6.45) is 3.40. The van der Waals surface area contributed by atoms with Gasteiger partial charge in [-0.3, -0.25) is 4.98 Å². The Morgan fingerprint density at radius 3 is 2.80 bits per heavy atom. The predicted molar refractivity (Wildman–Crippen MR) is 80.9 cm³/mol. The van der Waals surface area contributed by atoms with Gasteiger partial charge in [0.05, 0.1) is 15.9 Å². The molecule has 6 heteroatoms. The highest BCUT2D eigenvalue weighted by molar-refractivity contribution is 7.21. The zero-order chi connectivity index (χ0) is 14.3. The van der Waals surface area contributed by atoms with Gasteiger partial charge in [-0.2, -0.15) is 0 Å². The van der Waals surface area contributed by atoms with E-state index in [0.717, 1.165) is 20.8 Å². The maximum atomic E-state index is 10.0. The van der Waals surface area contributed by atoms with Gasteiger partial charge in [-0.25, -0.2) is 9.97 Å². The van der Waals surface area contributed by atoms with E-state index in [2.05, 4.69) is 15.0 Å². The minimum atomic E-state index is -0.975. The maximum Gasteiger partial charge on any atom is 0.131 e. The molecule has 0 aliphatic carbocycles. The summed E-state index contributed by atoms with van der Waals surface area (Å²) in [5.74, 6) is 0. The van der Waals surface area contributed by atoms with Gasteiger partial charge in [0, 0.05) is 24.0 Å². The van der Waals surface area contributed by atoms with E-state index in [4.69, 9.17) is 11.6 Å². The third kappa shape index (κ3) is 2.52. The zero-order valence-electron chi connectivity index (χ0n) is 11.0. The third-order valence-corrected chi connectivity index (χ3v) is 4.14. The fourth-order valence-corrected chi connectivity index (χ4v) is 2.90. The molecule has 0 saturated carbocycles. The number of fused-ring (bicyclic) bond motifs is 1. The number of aliphatic hydroxyl groups is 1. The van der Waals surface area contributed by atoms with Crippen molar-refractivity contribution in [2.45, 2.75) is 19.4 Å². The lowest BCUT2D eigenvalue weighted by Gasteiger charge is -2.16. The van der Waals surface area contributed by atoms with Crippen LogP contribution in [0.15, 0.2) is 30.6 Å². The molecule has 0 unspecified atom stereocenters. The molecule has 0 bridgehead atoms. The summed E-state index contributed by atoms with van der Waals surface area (Å²) in [5.41, 5.74) is 1.39. The highest BCUT2D eigenvalue weighted by Crippen LogP contribution is 2.31. The highest BCUT2D eigenvalue weighted by Gasteiger charge is 2.18. The van der Waals surface area contributed by atoms with Gasteiger partial charge >= 0.3 is 0 Å². The second kappa shape index (κ2) is 4.77. The van der Waals surface area contributed by atoms with Crippen LogP contribution in [0.1, 0.15) is 19.5 Å². The Morgan fingerprint density at radius 1 is 1.25 bits per heavy atom. The summed E-state index contributed by atoms with van der Waals surface area (Å²) in [6.45, 7) is 3.42. The summed E-state index contributed by atoms with van der Waals surface area (Å²) < 4.78 is 0.978. The Balaban J connectivity index is 2.11. The lowest BCUT2D eigenvalue weighted by Crippen LogP contribution is -2.17. The maximum absolute atomic E-state index is 10.0. The lowest BCUT2D eigenvalue weighted by atomic mass is 10.0. The molecule has 0 spiro atoms. The van der Waals surface area contributed by atoms with Crippen molar-refractivity contribution in [1.29, 1.82) is 0 Å². The van der Waals surface area contributed by atoms with Crippen LogP contribution in [0.25, 0.3) is 20.8 Å². The summed E-state index contributed by atoms with van der Waals surface area (Å²) >= 11 is 7.41. The molecule has 0 aromatic carbocycles. The van der Waals surface area contributed by atoms with Crippen molar-refractivity contribution in [3.63, 3.8) is 0 Å². The largest absolute Gasteiger partial charge is 0.384 e. The molecule has 0 amide bonds. The number of pyridine rings is 2. The molecule has 0 atom stereocenters. The normalized spacial score (nSPS) is 12.0. The molecule has 0 fully saturated rings. The fourth-order valence-electron chi connectivity index (χ4n) is 1.83. The molecule has 3 rings (SSSR count). The van der Waals surface area contributed by atoms with Crippen molar-refractivity contribution < 1.29 is 5.11 Å². The molecule has 0 saturated heterocycles. The average Bonchev–Trinajstić information content (AvgIpc) is 2.81. The van der Waals surface area contributed by atoms with Crippen LogP contribution in [0.3, 0.4) is 0 Å². The van der Waals surface area contributed by atoms with Crippen molar-refractivity contribution in [2.75, 3.05) is 0 Å². The first-order valence-electron chi connectivity index (χ1n) is 6.05. The van der Waals surface area contributed by atoms with Crippen LogP contribution in [-0.4, -0.2) is 20.1 Å². The van der Waals surface area contributed by atoms with Crippen LogP contribution >= 0.6 is 22.9 Å². The Labute approximate surface area is 125 Å². The van der Waals surface area contributed by atoms with E-state index in [9.17, 15) is 5.11 Å². The number of rotatable bonds is 2. The van der Waals surface area contributed by atoms with Crippen molar-refractivity contribution in [2.24, 2.45) is 0 Å². The monoisotopic (exact) mass is 305 g/mol. The number of hydrogen-bond donors (Lipinski definition) is 1. The van der Waals surface area contributed by atoms with E-state index >= 15 is 0 Å². The summed E-state index contributed by atoms with van der Waals surface area (Å²) in [7, 11) is 0. The molecule has 102 valence electrons. The van der Waals surface area contributed by atoms with Crippen LogP contribution < -0.4 is 0 Å². The Kier molecular flexibility index (Phi) is 3.20. The molecule has 3 aromatic heterocycles. The minimum Gasteiger partial charge on any atom is -0.384 e. The van der Waals surface area contributed by atoms with Gasteiger partial charge in [-0.15, -0.1) is 11.3 Å². The van der Waals surface area contributed by atoms with Crippen molar-refractivity contribution in [3.8, 4) is 10.6 Å². The van der Waals surface area contributed by atoms with E-state index in [-0.39, 0.29) is 0 Å². The predicted octanol–water partition coefficient (Wildman–Crippen LogP) is 3.63. The third-order valence-electron chi connectivity index (χ3n) is 2.88. The van der Waals surface area contributed by atoms with Crippen LogP contribution in [-0.2, 0) is 5.60 Å². The summed E-state index contributed by atoms with van der Waals surface area (Å²) in [5, 5.41) is 11.3. The van der Waals surface area contributed by atoms with Crippen molar-refractivity contribution >= 4 is 33.2 Å². The Bertz CT molecular complexity index is 779. The number of nitrogens with zero attached hydrogens (tertiary/aromatic N) is 3. The molecule has 0 radical (unpaired) electrons. The lowest BCUT2D eigenvalue weighted by molar-refractivity contribution is 0.0739. The van der Waals surface area contributed by atoms with Crippen LogP contribution in [0.2, 0.25) is 5.15 Å². The molecule has 1 N–H and O–H groups in total. The van der Waals surface area contributed by atoms with Crippen LogP contribution in [0.4, 0.5) is 0 Å². The quantitative estimate of drug-likeness (QED) is 0.734. The standard InChI is InChI=1S/C14H12ClN3OS/c1-14(2,19)11-5-8(3-4-16-11)13-18-9-6-12(15)17-7-10(9)20-13/h3-7,19H,1-2H3. The first kappa shape index (κ1) is 13.4. The smallest absolute Gasteiger partial charge is 0.131 e. The SMILES string of the molecule is CC(C)(O)c1cc(-c2nc3cc(Cl)ncc3s2)ccn1. The topological polar surface area (TPSA) is 58.9 Å². The first-order chi connectivity index (χ1) is 9.43. The summed E-state index contributed by atoms with van der Waals surface area (Å²) in [4.78, 5) is 12.8. The Morgan fingerprint density at radius 2 is 2.05 bits per heavy atom. The van der Waals surface area contributed by atoms with Crippen LogP contribution in [0.5, 0.6) is 0 Å². The number of aromatic nitrogens is 3. The van der Waals surface area contributed by atoms with E-state index < -0.39 is 5.60 Å². The van der Waals surface area contributed by atoms with E-state index in [0.29, 0.717) is 10.8 Å². The van der Waals surface area contributed by atoms with Gasteiger partial charge in [0.25, 0.3) is 0 Å². The average molecular weight is 306 g/mol. The summed E-state index contributed by atoms with van der Waals surface area (Å²) in [6, 6.07) is 5.48. The zero-order valence-corrected chi connectivity index (χ0v) is 12.5. The van der Waals surface area contributed by atoms with Crippen LogP contribution in [0, 0.1) is 0 Å². The molecule has 20 heavy (non-hydrogen) atoms. The molecule has 3 heterocycles. The van der Waals surface area contributed by atoms with E-state index in [1.165, 1.54) is 11.3 Å². The van der Waals surface area contributed by atoms with E-state index in [1.54, 1.807) is 32.3 Å². The second-order valence-electron chi connectivity index (χ2n) is 4.98. The minimum absolute atomic E-state index is 0.432. The fraction of sp³-hybridized carbons (Fsp3) is 0.214. The number of thiazole rings is 1. The van der Waals surface area contributed by atoms with Gasteiger partial charge in [0.15, 0.2) is 0 Å². The first-order valence-corrected chi connectivity index (χ1v) is 7.24. The van der Waals surface area contributed by atoms with Crippen molar-refractivity contribution in [3.05, 3.63) is 41.4 Å². The molecule has 0 aliphatic rings. The number of hydrogen-bond acceptors (Lipinski definition) is 5. The second-order valence-corrected chi connectivity index (χ2v) is 6.40. The van der Waals surface area contributed by atoms with Gasteiger partial charge < -0.3 is 5.11 Å². The highest BCUT2D eigenvalue weighted by atomic mass is 35.5. The molecule has 0 aliphatic heterocycles. The van der Waals surface area contributed by atoms with Gasteiger partial charge in [0.1, 0.15) is 15.8 Å². The van der Waals surface area contributed by atoms with E-state index in [1.807, 2.05) is 12.1 Å². The number of halogens is 1. The van der Waals surface area contributed by atoms with Gasteiger partial charge in [0.2, 0.25) is 0 Å². The molecular weight excluding hydrogens is 294 g/mol. The molecule has 3 aromatic rings. The Hall–Kier alpha value is -1.56.